The minimum absolute atomic E-state index is 0.162. The highest BCUT2D eigenvalue weighted by Gasteiger charge is 2.35. The van der Waals surface area contributed by atoms with Crippen LogP contribution in [-0.2, 0) is 27.2 Å². The number of ether oxygens (including phenoxy) is 7. The molecular formula is C32H37NO9. The van der Waals surface area contributed by atoms with Gasteiger partial charge in [-0.2, -0.15) is 0 Å². The second-order valence-corrected chi connectivity index (χ2v) is 9.61. The van der Waals surface area contributed by atoms with Gasteiger partial charge in [-0.15, -0.1) is 0 Å². The van der Waals surface area contributed by atoms with Gasteiger partial charge in [0.05, 0.1) is 48.7 Å². The third-order valence-electron chi connectivity index (χ3n) is 7.33. The highest BCUT2D eigenvalue weighted by molar-refractivity contribution is 5.80. The minimum atomic E-state index is -0.487. The molecule has 0 aliphatic carbocycles. The smallest absolute Gasteiger partial charge is 0.305 e. The Bertz CT molecular complexity index is 1380. The SMILES string of the molecule is COC(=O)CCc1ccc(OCC(=O)N2CCc3cc(OC)c(OC)cc3C2c2cc(OC)c(OC)c(OC)c2)cc1. The van der Waals surface area contributed by atoms with Gasteiger partial charge in [-0.3, -0.25) is 9.59 Å². The summed E-state index contributed by atoms with van der Waals surface area (Å²) in [6, 6.07) is 14.4. The number of amides is 1. The lowest BCUT2D eigenvalue weighted by Crippen LogP contribution is -2.43. The van der Waals surface area contributed by atoms with Gasteiger partial charge in [0.15, 0.2) is 29.6 Å². The highest BCUT2D eigenvalue weighted by Crippen LogP contribution is 2.46. The van der Waals surface area contributed by atoms with Crippen LogP contribution in [0.3, 0.4) is 0 Å². The van der Waals surface area contributed by atoms with E-state index >= 15 is 0 Å². The van der Waals surface area contributed by atoms with Gasteiger partial charge in [-0.25, -0.2) is 0 Å². The molecule has 0 saturated heterocycles. The molecule has 0 N–H and O–H groups in total. The van der Waals surface area contributed by atoms with Crippen molar-refractivity contribution >= 4 is 11.9 Å². The molecular weight excluding hydrogens is 542 g/mol. The van der Waals surface area contributed by atoms with Crippen LogP contribution in [0.15, 0.2) is 48.5 Å². The van der Waals surface area contributed by atoms with Gasteiger partial charge in [0.25, 0.3) is 5.91 Å². The Labute approximate surface area is 246 Å². The monoisotopic (exact) mass is 579 g/mol. The first-order valence-electron chi connectivity index (χ1n) is 13.5. The van der Waals surface area contributed by atoms with Gasteiger partial charge in [0.1, 0.15) is 5.75 Å². The van der Waals surface area contributed by atoms with E-state index < -0.39 is 6.04 Å². The van der Waals surface area contributed by atoms with Crippen LogP contribution in [-0.4, -0.2) is 72.6 Å². The molecule has 1 aliphatic heterocycles. The lowest BCUT2D eigenvalue weighted by molar-refractivity contribution is -0.140. The standard InChI is InChI=1S/C32H37NO9/c1-36-25-15-21-13-14-33(29(34)19-42-23-10-7-20(8-11-23)9-12-30(35)40-5)31(24(21)18-26(25)37-2)22-16-27(38-3)32(41-6)28(17-22)39-4/h7-8,10-11,15-18,31H,9,12-14,19H2,1-6H3. The fourth-order valence-electron chi connectivity index (χ4n) is 5.16. The van der Waals surface area contributed by atoms with Crippen molar-refractivity contribution in [2.45, 2.75) is 25.3 Å². The number of fused-ring (bicyclic) bond motifs is 1. The van der Waals surface area contributed by atoms with Crippen LogP contribution in [0.25, 0.3) is 0 Å². The van der Waals surface area contributed by atoms with E-state index in [1.165, 1.54) is 7.11 Å². The van der Waals surface area contributed by atoms with Gasteiger partial charge in [-0.1, -0.05) is 12.1 Å². The average Bonchev–Trinajstić information content (AvgIpc) is 3.04. The van der Waals surface area contributed by atoms with Gasteiger partial charge >= 0.3 is 5.97 Å². The quantitative estimate of drug-likeness (QED) is 0.289. The van der Waals surface area contributed by atoms with E-state index in [0.29, 0.717) is 60.3 Å². The third kappa shape index (κ3) is 6.48. The molecule has 4 rings (SSSR count). The van der Waals surface area contributed by atoms with Crippen LogP contribution in [0.2, 0.25) is 0 Å². The van der Waals surface area contributed by atoms with Crippen molar-refractivity contribution in [1.29, 1.82) is 0 Å². The lowest BCUT2D eigenvalue weighted by Gasteiger charge is -2.38. The summed E-state index contributed by atoms with van der Waals surface area (Å²) in [4.78, 5) is 27.0. The number of carbonyl (C=O) groups is 2. The summed E-state index contributed by atoms with van der Waals surface area (Å²) < 4.78 is 38.5. The molecule has 0 spiro atoms. The Hall–Kier alpha value is -4.60. The van der Waals surface area contributed by atoms with Crippen LogP contribution in [0, 0.1) is 0 Å². The lowest BCUT2D eigenvalue weighted by atomic mass is 9.87. The number of methoxy groups -OCH3 is 6. The summed E-state index contributed by atoms with van der Waals surface area (Å²) >= 11 is 0. The van der Waals surface area contributed by atoms with E-state index in [0.717, 1.165) is 22.3 Å². The van der Waals surface area contributed by atoms with Crippen LogP contribution >= 0.6 is 0 Å². The first kappa shape index (κ1) is 30.4. The fourth-order valence-corrected chi connectivity index (χ4v) is 5.16. The van der Waals surface area contributed by atoms with E-state index in [1.807, 2.05) is 36.4 Å². The second kappa shape index (κ2) is 13.8. The van der Waals surface area contributed by atoms with Crippen molar-refractivity contribution in [3.63, 3.8) is 0 Å². The number of carbonyl (C=O) groups excluding carboxylic acids is 2. The molecule has 0 radical (unpaired) electrons. The van der Waals surface area contributed by atoms with Crippen molar-refractivity contribution in [3.8, 4) is 34.5 Å². The Morgan fingerprint density at radius 1 is 0.786 bits per heavy atom. The third-order valence-corrected chi connectivity index (χ3v) is 7.33. The Morgan fingerprint density at radius 3 is 1.98 bits per heavy atom. The molecule has 0 fully saturated rings. The summed E-state index contributed by atoms with van der Waals surface area (Å²) in [6.07, 6.45) is 1.48. The van der Waals surface area contributed by atoms with Gasteiger partial charge in [-0.05, 0) is 71.5 Å². The summed E-state index contributed by atoms with van der Waals surface area (Å²) in [5.41, 5.74) is 3.69. The Morgan fingerprint density at radius 2 is 1.40 bits per heavy atom. The second-order valence-electron chi connectivity index (χ2n) is 9.61. The summed E-state index contributed by atoms with van der Waals surface area (Å²) in [7, 11) is 9.22. The predicted octanol–water partition coefficient (Wildman–Crippen LogP) is 4.39. The first-order valence-corrected chi connectivity index (χ1v) is 13.5. The summed E-state index contributed by atoms with van der Waals surface area (Å²) in [5, 5.41) is 0. The number of hydrogen-bond donors (Lipinski definition) is 0. The van der Waals surface area contributed by atoms with Gasteiger partial charge in [0, 0.05) is 13.0 Å². The van der Waals surface area contributed by atoms with Crippen LogP contribution < -0.4 is 28.4 Å². The van der Waals surface area contributed by atoms with Crippen LogP contribution in [0.1, 0.15) is 34.7 Å². The van der Waals surface area contributed by atoms with Crippen molar-refractivity contribution in [2.75, 3.05) is 55.8 Å². The highest BCUT2D eigenvalue weighted by atomic mass is 16.5. The molecule has 1 amide bonds. The molecule has 1 unspecified atom stereocenters. The predicted molar refractivity (Wildman–Crippen MR) is 155 cm³/mol. The Kier molecular flexibility index (Phi) is 10.0. The number of benzene rings is 3. The van der Waals surface area contributed by atoms with E-state index in [1.54, 1.807) is 52.6 Å². The zero-order chi connectivity index (χ0) is 30.2. The zero-order valence-corrected chi connectivity index (χ0v) is 24.9. The minimum Gasteiger partial charge on any atom is -0.493 e. The van der Waals surface area contributed by atoms with E-state index in [4.69, 9.17) is 33.2 Å². The molecule has 224 valence electrons. The largest absolute Gasteiger partial charge is 0.493 e. The molecule has 0 aromatic heterocycles. The number of nitrogens with zero attached hydrogens (tertiary/aromatic N) is 1. The Balaban J connectivity index is 1.65. The van der Waals surface area contributed by atoms with Crippen molar-refractivity contribution < 1.29 is 42.7 Å². The molecule has 42 heavy (non-hydrogen) atoms. The van der Waals surface area contributed by atoms with Crippen molar-refractivity contribution in [3.05, 3.63) is 70.8 Å². The normalized spacial score (nSPS) is 14.0. The number of aryl methyl sites for hydroxylation is 1. The molecule has 3 aromatic carbocycles. The first-order chi connectivity index (χ1) is 20.4. The van der Waals surface area contributed by atoms with Crippen molar-refractivity contribution in [1.82, 2.24) is 4.90 Å². The van der Waals surface area contributed by atoms with Crippen LogP contribution in [0.4, 0.5) is 0 Å². The molecule has 10 nitrogen and oxygen atoms in total. The number of hydrogen-bond acceptors (Lipinski definition) is 9. The zero-order valence-electron chi connectivity index (χ0n) is 24.9. The summed E-state index contributed by atoms with van der Waals surface area (Å²) in [6.45, 7) is 0.295. The van der Waals surface area contributed by atoms with Gasteiger partial charge < -0.3 is 38.1 Å². The maximum absolute atomic E-state index is 13.8. The van der Waals surface area contributed by atoms with E-state index in [9.17, 15) is 9.59 Å². The van der Waals surface area contributed by atoms with Gasteiger partial charge in [0.2, 0.25) is 5.75 Å². The molecule has 10 heteroatoms. The van der Waals surface area contributed by atoms with Crippen LogP contribution in [0.5, 0.6) is 34.5 Å². The topological polar surface area (TPSA) is 102 Å². The maximum Gasteiger partial charge on any atom is 0.305 e. The average molecular weight is 580 g/mol. The van der Waals surface area contributed by atoms with E-state index in [2.05, 4.69) is 0 Å². The number of esters is 1. The maximum atomic E-state index is 13.8. The molecule has 1 heterocycles. The molecule has 0 saturated carbocycles. The number of rotatable bonds is 12. The summed E-state index contributed by atoms with van der Waals surface area (Å²) in [5.74, 6) is 2.71. The molecule has 1 aliphatic rings. The molecule has 0 bridgehead atoms. The molecule has 3 aromatic rings. The molecule has 1 atom stereocenters. The van der Waals surface area contributed by atoms with E-state index in [-0.39, 0.29) is 18.5 Å². The van der Waals surface area contributed by atoms with Crippen molar-refractivity contribution in [2.24, 2.45) is 0 Å². The fraction of sp³-hybridized carbons (Fsp3) is 0.375.